The fraction of sp³-hybridized carbons (Fsp3) is 0.436. The highest BCUT2D eigenvalue weighted by Gasteiger charge is 2.27. The predicted octanol–water partition coefficient (Wildman–Crippen LogP) is 4.65. The zero-order valence-electron chi connectivity index (χ0n) is 29.0. The largest absolute Gasteiger partial charge is 0.492 e. The van der Waals surface area contributed by atoms with Crippen molar-refractivity contribution in [3.8, 4) is 5.75 Å². The molecule has 49 heavy (non-hydrogen) atoms. The zero-order chi connectivity index (χ0) is 34.3. The zero-order valence-corrected chi connectivity index (χ0v) is 29.0. The Labute approximate surface area is 289 Å². The number of aliphatic hydroxyl groups excluding tert-OH is 1. The lowest BCUT2D eigenvalue weighted by atomic mass is 10.1. The van der Waals surface area contributed by atoms with Crippen molar-refractivity contribution in [1.29, 1.82) is 0 Å². The number of carbonyl (C=O) groups excluding carboxylic acids is 2. The highest BCUT2D eigenvalue weighted by molar-refractivity contribution is 5.94. The Balaban J connectivity index is 0.895. The van der Waals surface area contributed by atoms with Crippen LogP contribution in [0.5, 0.6) is 5.75 Å². The summed E-state index contributed by atoms with van der Waals surface area (Å²) in [6.45, 7) is 15.6. The van der Waals surface area contributed by atoms with Crippen LogP contribution in [0, 0.1) is 6.92 Å². The molecule has 2 amide bonds. The number of hydrogen-bond donors (Lipinski definition) is 1. The van der Waals surface area contributed by atoms with E-state index >= 15 is 0 Å². The van der Waals surface area contributed by atoms with Gasteiger partial charge < -0.3 is 29.0 Å². The van der Waals surface area contributed by atoms with Crippen LogP contribution in [0.25, 0.3) is 11.0 Å². The van der Waals surface area contributed by atoms with Crippen molar-refractivity contribution in [2.75, 3.05) is 90.0 Å². The van der Waals surface area contributed by atoms with Crippen molar-refractivity contribution in [1.82, 2.24) is 19.6 Å². The molecule has 6 rings (SSSR count). The average Bonchev–Trinajstić information content (AvgIpc) is 3.57. The van der Waals surface area contributed by atoms with Gasteiger partial charge in [-0.15, -0.1) is 0 Å². The molecule has 1 aromatic heterocycles. The number of nitrogens with zero attached hydrogens (tertiary/aromatic N) is 5. The van der Waals surface area contributed by atoms with E-state index in [1.807, 2.05) is 83.5 Å². The first kappa shape index (κ1) is 34.5. The molecule has 0 aliphatic carbocycles. The van der Waals surface area contributed by atoms with Crippen LogP contribution in [-0.4, -0.2) is 122 Å². The van der Waals surface area contributed by atoms with Crippen LogP contribution in [0.3, 0.4) is 0 Å². The molecule has 0 saturated carbocycles. The maximum absolute atomic E-state index is 13.0. The Morgan fingerprint density at radius 2 is 1.47 bits per heavy atom. The summed E-state index contributed by atoms with van der Waals surface area (Å²) in [5.74, 6) is 1.48. The fourth-order valence-corrected chi connectivity index (χ4v) is 6.66. The molecule has 260 valence electrons. The molecule has 3 aromatic carbocycles. The third-order valence-electron chi connectivity index (χ3n) is 9.83. The van der Waals surface area contributed by atoms with Crippen LogP contribution in [0.1, 0.15) is 47.2 Å². The molecule has 1 unspecified atom stereocenters. The molecule has 1 N–H and O–H groups in total. The van der Waals surface area contributed by atoms with Gasteiger partial charge in [-0.3, -0.25) is 19.4 Å². The number of ether oxygens (including phenoxy) is 1. The quantitative estimate of drug-likeness (QED) is 0.234. The molecular formula is C39H49N5O5. The van der Waals surface area contributed by atoms with Crippen molar-refractivity contribution in [2.45, 2.75) is 26.9 Å². The van der Waals surface area contributed by atoms with Crippen LogP contribution in [0.15, 0.2) is 77.2 Å². The molecule has 4 aromatic rings. The van der Waals surface area contributed by atoms with E-state index < -0.39 is 6.10 Å². The summed E-state index contributed by atoms with van der Waals surface area (Å²) in [5, 5.41) is 12.0. The van der Waals surface area contributed by atoms with Crippen molar-refractivity contribution in [2.24, 2.45) is 0 Å². The van der Waals surface area contributed by atoms with Gasteiger partial charge in [0, 0.05) is 94.7 Å². The number of rotatable bonds is 12. The van der Waals surface area contributed by atoms with Gasteiger partial charge in [0.1, 0.15) is 29.8 Å². The molecule has 1 atom stereocenters. The Morgan fingerprint density at radius 3 is 2.14 bits per heavy atom. The van der Waals surface area contributed by atoms with Crippen LogP contribution in [0.2, 0.25) is 0 Å². The molecule has 10 nitrogen and oxygen atoms in total. The highest BCUT2D eigenvalue weighted by atomic mass is 16.5. The van der Waals surface area contributed by atoms with Crippen molar-refractivity contribution in [3.05, 3.63) is 95.2 Å². The Hall–Kier alpha value is -4.38. The summed E-state index contributed by atoms with van der Waals surface area (Å²) in [5.41, 5.74) is 4.48. The number of benzene rings is 3. The molecule has 2 saturated heterocycles. The van der Waals surface area contributed by atoms with E-state index in [2.05, 4.69) is 34.6 Å². The third-order valence-corrected chi connectivity index (χ3v) is 9.83. The third kappa shape index (κ3) is 8.44. The summed E-state index contributed by atoms with van der Waals surface area (Å²) >= 11 is 0. The maximum Gasteiger partial charge on any atom is 0.253 e. The molecule has 10 heteroatoms. The molecule has 2 fully saturated rings. The lowest BCUT2D eigenvalue weighted by Gasteiger charge is -2.38. The van der Waals surface area contributed by atoms with Crippen LogP contribution < -0.4 is 9.64 Å². The van der Waals surface area contributed by atoms with Gasteiger partial charge in [0.05, 0.1) is 6.54 Å². The van der Waals surface area contributed by atoms with Gasteiger partial charge in [0.15, 0.2) is 0 Å². The lowest BCUT2D eigenvalue weighted by Crippen LogP contribution is -2.54. The van der Waals surface area contributed by atoms with Crippen molar-refractivity contribution in [3.63, 3.8) is 0 Å². The summed E-state index contributed by atoms with van der Waals surface area (Å²) in [4.78, 5) is 36.5. The molecule has 3 heterocycles. The minimum atomic E-state index is -0.866. The minimum absolute atomic E-state index is 0.0606. The van der Waals surface area contributed by atoms with Crippen LogP contribution in [-0.2, 0) is 4.79 Å². The smallest absolute Gasteiger partial charge is 0.253 e. The Morgan fingerprint density at radius 1 is 0.816 bits per heavy atom. The van der Waals surface area contributed by atoms with E-state index in [1.54, 1.807) is 0 Å². The van der Waals surface area contributed by atoms with E-state index in [9.17, 15) is 14.7 Å². The van der Waals surface area contributed by atoms with Crippen LogP contribution in [0.4, 0.5) is 5.69 Å². The molecule has 0 radical (unpaired) electrons. The number of furan rings is 1. The number of fused-ring (bicyclic) bond motifs is 1. The highest BCUT2D eigenvalue weighted by Crippen LogP contribution is 2.31. The summed E-state index contributed by atoms with van der Waals surface area (Å²) < 4.78 is 12.1. The topological polar surface area (TPSA) is 92.9 Å². The number of carbonyl (C=O) groups is 2. The number of aryl methyl sites for hydroxylation is 1. The first-order valence-electron chi connectivity index (χ1n) is 17.6. The molecular weight excluding hydrogens is 618 g/mol. The molecule has 0 spiro atoms. The van der Waals surface area contributed by atoms with Gasteiger partial charge in [0.25, 0.3) is 5.91 Å². The number of hydrogen-bond acceptors (Lipinski definition) is 8. The number of aliphatic hydroxyl groups is 1. The van der Waals surface area contributed by atoms with E-state index in [4.69, 9.17) is 9.15 Å². The Kier molecular flexibility index (Phi) is 11.2. The van der Waals surface area contributed by atoms with E-state index in [0.29, 0.717) is 58.2 Å². The molecule has 2 aliphatic heterocycles. The second kappa shape index (κ2) is 15.9. The maximum atomic E-state index is 13.0. The van der Waals surface area contributed by atoms with E-state index in [0.717, 1.165) is 71.8 Å². The normalized spacial score (nSPS) is 16.6. The summed E-state index contributed by atoms with van der Waals surface area (Å²) in [7, 11) is 0. The number of anilines is 1. The predicted molar refractivity (Wildman–Crippen MR) is 192 cm³/mol. The summed E-state index contributed by atoms with van der Waals surface area (Å²) in [6, 6.07) is 23.3. The van der Waals surface area contributed by atoms with Gasteiger partial charge in [-0.05, 0) is 68.8 Å². The molecule has 0 bridgehead atoms. The van der Waals surface area contributed by atoms with E-state index in [-0.39, 0.29) is 11.8 Å². The Bertz CT molecular complexity index is 1690. The van der Waals surface area contributed by atoms with Gasteiger partial charge >= 0.3 is 0 Å². The van der Waals surface area contributed by atoms with Crippen LogP contribution >= 0.6 is 0 Å². The average molecular weight is 668 g/mol. The lowest BCUT2D eigenvalue weighted by molar-refractivity contribution is -0.134. The second-order valence-electron chi connectivity index (χ2n) is 13.0. The van der Waals surface area contributed by atoms with Gasteiger partial charge in [-0.2, -0.15) is 0 Å². The first-order chi connectivity index (χ1) is 23.8. The van der Waals surface area contributed by atoms with Gasteiger partial charge in [-0.25, -0.2) is 0 Å². The number of piperazine rings is 2. The van der Waals surface area contributed by atoms with E-state index in [1.165, 1.54) is 0 Å². The molecule has 2 aliphatic rings. The standard InChI is InChI=1S/C39H49N5O5/c1-4-42(5-2)33-13-10-32-26-36(49-35(32)27-33)38(46)30-11-14-34(15-12-30)48-25-24-40-16-20-43(21-17-40)37(45)28-41-18-22-44(23-19-41)39(47)31-8-6-29(3)7-9-31/h6-15,26-27,38,46H,4-5,16-25,28H2,1-3H3. The summed E-state index contributed by atoms with van der Waals surface area (Å²) in [6.07, 6.45) is -0.866. The monoisotopic (exact) mass is 667 g/mol. The van der Waals surface area contributed by atoms with Gasteiger partial charge in [0.2, 0.25) is 5.91 Å². The SMILES string of the molecule is CCN(CC)c1ccc2cc(C(O)c3ccc(OCCN4CCN(C(=O)CN5CCN(C(=O)c6ccc(C)cc6)CC5)CC4)cc3)oc2c1. The van der Waals surface area contributed by atoms with Crippen molar-refractivity contribution >= 4 is 28.5 Å². The second-order valence-corrected chi connectivity index (χ2v) is 13.0. The van der Waals surface area contributed by atoms with Gasteiger partial charge in [-0.1, -0.05) is 29.8 Å². The number of amides is 2. The minimum Gasteiger partial charge on any atom is -0.492 e. The van der Waals surface area contributed by atoms with Crippen molar-refractivity contribution < 1.29 is 23.8 Å². The first-order valence-corrected chi connectivity index (χ1v) is 17.6. The fourth-order valence-electron chi connectivity index (χ4n) is 6.66.